The topological polar surface area (TPSA) is 86.7 Å². The van der Waals surface area contributed by atoms with Gasteiger partial charge in [-0.25, -0.2) is 13.2 Å². The summed E-state index contributed by atoms with van der Waals surface area (Å²) in [4.78, 5) is 13.7. The first-order chi connectivity index (χ1) is 9.00. The number of urea groups is 1. The Morgan fingerprint density at radius 1 is 1.21 bits per heavy atom. The van der Waals surface area contributed by atoms with Crippen molar-refractivity contribution in [1.29, 1.82) is 0 Å². The Morgan fingerprint density at radius 3 is 2.42 bits per heavy atom. The fraction of sp³-hybridized carbons (Fsp3) is 0.917. The fourth-order valence-electron chi connectivity index (χ4n) is 2.70. The fourth-order valence-corrected chi connectivity index (χ4v) is 4.56. The van der Waals surface area contributed by atoms with E-state index in [9.17, 15) is 13.2 Å². The standard InChI is InChI=1S/C12H22N2O4S/c15-8-10-1-4-14(5-2-10)12(16)13-7-11-3-6-19(17,18)9-11/h10-11,15H,1-9H2,(H,13,16). The zero-order valence-corrected chi connectivity index (χ0v) is 11.9. The van der Waals surface area contributed by atoms with E-state index in [2.05, 4.69) is 5.32 Å². The van der Waals surface area contributed by atoms with E-state index in [1.807, 2.05) is 0 Å². The summed E-state index contributed by atoms with van der Waals surface area (Å²) >= 11 is 0. The number of amides is 2. The van der Waals surface area contributed by atoms with Gasteiger partial charge in [0, 0.05) is 26.2 Å². The van der Waals surface area contributed by atoms with Crippen LogP contribution in [-0.4, -0.2) is 62.2 Å². The first-order valence-electron chi connectivity index (χ1n) is 6.84. The second-order valence-electron chi connectivity index (χ2n) is 5.57. The Hall–Kier alpha value is -0.820. The van der Waals surface area contributed by atoms with E-state index in [1.165, 1.54) is 0 Å². The van der Waals surface area contributed by atoms with Gasteiger partial charge in [0.15, 0.2) is 9.84 Å². The number of likely N-dealkylation sites (tertiary alicyclic amines) is 1. The van der Waals surface area contributed by atoms with Crippen LogP contribution in [0.3, 0.4) is 0 Å². The molecule has 2 rings (SSSR count). The number of carbonyl (C=O) groups excluding carboxylic acids is 1. The summed E-state index contributed by atoms with van der Waals surface area (Å²) in [5.41, 5.74) is 0. The lowest BCUT2D eigenvalue weighted by atomic mass is 9.98. The van der Waals surface area contributed by atoms with Gasteiger partial charge in [-0.2, -0.15) is 0 Å². The van der Waals surface area contributed by atoms with Crippen LogP contribution < -0.4 is 5.32 Å². The number of hydrogen-bond donors (Lipinski definition) is 2. The number of nitrogens with one attached hydrogen (secondary N) is 1. The molecule has 0 aromatic heterocycles. The van der Waals surface area contributed by atoms with Gasteiger partial charge in [-0.05, 0) is 31.1 Å². The maximum absolute atomic E-state index is 11.9. The van der Waals surface area contributed by atoms with E-state index in [0.29, 0.717) is 32.0 Å². The minimum Gasteiger partial charge on any atom is -0.396 e. The second kappa shape index (κ2) is 6.09. The van der Waals surface area contributed by atoms with Crippen LogP contribution in [0.4, 0.5) is 4.79 Å². The maximum atomic E-state index is 11.9. The van der Waals surface area contributed by atoms with E-state index < -0.39 is 9.84 Å². The van der Waals surface area contributed by atoms with Gasteiger partial charge in [0.05, 0.1) is 11.5 Å². The average molecular weight is 290 g/mol. The number of rotatable bonds is 3. The summed E-state index contributed by atoms with van der Waals surface area (Å²) in [6, 6.07) is -0.110. The highest BCUT2D eigenvalue weighted by Gasteiger charge is 2.29. The van der Waals surface area contributed by atoms with Crippen LogP contribution in [0.15, 0.2) is 0 Å². The minimum absolute atomic E-state index is 0.0592. The Labute approximate surface area is 114 Å². The number of aliphatic hydroxyl groups is 1. The molecular formula is C12H22N2O4S. The van der Waals surface area contributed by atoms with Crippen molar-refractivity contribution >= 4 is 15.9 Å². The molecule has 110 valence electrons. The third-order valence-electron chi connectivity index (χ3n) is 4.03. The molecule has 0 saturated carbocycles. The van der Waals surface area contributed by atoms with Crippen molar-refractivity contribution in [1.82, 2.24) is 10.2 Å². The molecule has 2 heterocycles. The number of sulfone groups is 1. The number of piperidine rings is 1. The van der Waals surface area contributed by atoms with Gasteiger partial charge in [0.25, 0.3) is 0 Å². The highest BCUT2D eigenvalue weighted by Crippen LogP contribution is 2.18. The van der Waals surface area contributed by atoms with Gasteiger partial charge in [0.2, 0.25) is 0 Å². The van der Waals surface area contributed by atoms with E-state index in [1.54, 1.807) is 4.90 Å². The molecule has 1 atom stereocenters. The van der Waals surface area contributed by atoms with Gasteiger partial charge in [0.1, 0.15) is 0 Å². The van der Waals surface area contributed by atoms with Gasteiger partial charge in [-0.1, -0.05) is 0 Å². The number of carbonyl (C=O) groups is 1. The maximum Gasteiger partial charge on any atom is 0.317 e. The second-order valence-corrected chi connectivity index (χ2v) is 7.80. The first kappa shape index (κ1) is 14.6. The third kappa shape index (κ3) is 4.07. The third-order valence-corrected chi connectivity index (χ3v) is 5.87. The number of nitrogens with zero attached hydrogens (tertiary/aromatic N) is 1. The lowest BCUT2D eigenvalue weighted by molar-refractivity contribution is 0.137. The van der Waals surface area contributed by atoms with E-state index >= 15 is 0 Å². The van der Waals surface area contributed by atoms with Crippen LogP contribution in [0.25, 0.3) is 0 Å². The molecule has 2 N–H and O–H groups in total. The van der Waals surface area contributed by atoms with Gasteiger partial charge in [-0.3, -0.25) is 0 Å². The molecule has 6 nitrogen and oxygen atoms in total. The normalized spacial score (nSPS) is 27.4. The first-order valence-corrected chi connectivity index (χ1v) is 8.66. The van der Waals surface area contributed by atoms with Crippen molar-refractivity contribution in [3.8, 4) is 0 Å². The Kier molecular flexibility index (Phi) is 4.67. The molecule has 7 heteroatoms. The smallest absolute Gasteiger partial charge is 0.317 e. The van der Waals surface area contributed by atoms with Crippen LogP contribution in [0.2, 0.25) is 0 Å². The van der Waals surface area contributed by atoms with Gasteiger partial charge < -0.3 is 15.3 Å². The molecule has 0 aliphatic carbocycles. The van der Waals surface area contributed by atoms with Crippen LogP contribution in [-0.2, 0) is 9.84 Å². The Bertz CT molecular complexity index is 415. The van der Waals surface area contributed by atoms with E-state index in [0.717, 1.165) is 12.8 Å². The molecule has 19 heavy (non-hydrogen) atoms. The van der Waals surface area contributed by atoms with Gasteiger partial charge in [-0.15, -0.1) is 0 Å². The summed E-state index contributed by atoms with van der Waals surface area (Å²) in [7, 11) is -2.87. The van der Waals surface area contributed by atoms with Crippen molar-refractivity contribution in [3.63, 3.8) is 0 Å². The lowest BCUT2D eigenvalue weighted by Crippen LogP contribution is -2.46. The van der Waals surface area contributed by atoms with Crippen LogP contribution >= 0.6 is 0 Å². The summed E-state index contributed by atoms with van der Waals surface area (Å²) in [6.07, 6.45) is 2.32. The van der Waals surface area contributed by atoms with Crippen molar-refractivity contribution in [2.24, 2.45) is 11.8 Å². The van der Waals surface area contributed by atoms with Crippen molar-refractivity contribution in [3.05, 3.63) is 0 Å². The molecule has 0 aromatic rings. The highest BCUT2D eigenvalue weighted by atomic mass is 32.2. The predicted molar refractivity (Wildman–Crippen MR) is 71.5 cm³/mol. The zero-order valence-electron chi connectivity index (χ0n) is 11.0. The minimum atomic E-state index is -2.87. The molecule has 0 aromatic carbocycles. The summed E-state index contributed by atoms with van der Waals surface area (Å²) in [5, 5.41) is 11.9. The summed E-state index contributed by atoms with van der Waals surface area (Å²) in [6.45, 7) is 1.97. The molecule has 2 saturated heterocycles. The predicted octanol–water partition coefficient (Wildman–Crippen LogP) is -0.165. The molecule has 2 amide bonds. The molecular weight excluding hydrogens is 268 g/mol. The zero-order chi connectivity index (χ0) is 13.9. The SMILES string of the molecule is O=C(NCC1CCS(=O)(=O)C1)N1CCC(CO)CC1. The molecule has 0 bridgehead atoms. The quantitative estimate of drug-likeness (QED) is 0.756. The van der Waals surface area contributed by atoms with Crippen molar-refractivity contribution < 1.29 is 18.3 Å². The molecule has 0 radical (unpaired) electrons. The molecule has 0 spiro atoms. The largest absolute Gasteiger partial charge is 0.396 e. The van der Waals surface area contributed by atoms with Crippen LogP contribution in [0.1, 0.15) is 19.3 Å². The highest BCUT2D eigenvalue weighted by molar-refractivity contribution is 7.91. The Morgan fingerprint density at radius 2 is 1.89 bits per heavy atom. The summed E-state index contributed by atoms with van der Waals surface area (Å²) in [5.74, 6) is 0.808. The molecule has 2 aliphatic rings. The monoisotopic (exact) mass is 290 g/mol. The lowest BCUT2D eigenvalue weighted by Gasteiger charge is -2.31. The van der Waals surface area contributed by atoms with E-state index in [4.69, 9.17) is 5.11 Å². The molecule has 2 fully saturated rings. The van der Waals surface area contributed by atoms with Gasteiger partial charge >= 0.3 is 6.03 Å². The number of aliphatic hydroxyl groups excluding tert-OH is 1. The average Bonchev–Trinajstić information content (AvgIpc) is 2.76. The van der Waals surface area contributed by atoms with Crippen molar-refractivity contribution in [2.75, 3.05) is 37.7 Å². The number of hydrogen-bond acceptors (Lipinski definition) is 4. The van der Waals surface area contributed by atoms with Crippen LogP contribution in [0.5, 0.6) is 0 Å². The van der Waals surface area contributed by atoms with Crippen molar-refractivity contribution in [2.45, 2.75) is 19.3 Å². The van der Waals surface area contributed by atoms with Crippen LogP contribution in [0, 0.1) is 11.8 Å². The molecule has 1 unspecified atom stereocenters. The Balaban J connectivity index is 1.71. The summed E-state index contributed by atoms with van der Waals surface area (Å²) < 4.78 is 22.6. The van der Waals surface area contributed by atoms with E-state index in [-0.39, 0.29) is 30.1 Å². The molecule has 2 aliphatic heterocycles.